The van der Waals surface area contributed by atoms with E-state index in [1.807, 2.05) is 37.3 Å². The molecule has 86 valence electrons. The molecule has 1 aromatic rings. The van der Waals surface area contributed by atoms with Gasteiger partial charge in [0.05, 0.1) is 6.61 Å². The molecule has 16 heavy (non-hydrogen) atoms. The number of rotatable bonds is 3. The van der Waals surface area contributed by atoms with Crippen molar-refractivity contribution < 1.29 is 9.47 Å². The van der Waals surface area contributed by atoms with Gasteiger partial charge in [0, 0.05) is 0 Å². The topological polar surface area (TPSA) is 30.5 Å². The van der Waals surface area contributed by atoms with Crippen LogP contribution in [0.25, 0.3) is 0 Å². The predicted molar refractivity (Wildman–Crippen MR) is 71.2 cm³/mol. The summed E-state index contributed by atoms with van der Waals surface area (Å²) < 4.78 is 10.3. The number of benzene rings is 1. The van der Waals surface area contributed by atoms with Gasteiger partial charge in [0.25, 0.3) is 10.3 Å². The van der Waals surface area contributed by atoms with Crippen LogP contribution >= 0.6 is 24.4 Å². The Balaban J connectivity index is 2.28. The zero-order chi connectivity index (χ0) is 11.8. The van der Waals surface area contributed by atoms with E-state index in [1.54, 1.807) is 0 Å². The van der Waals surface area contributed by atoms with Crippen molar-refractivity contribution in [3.63, 3.8) is 0 Å². The molecule has 0 aliphatic carbocycles. The summed E-state index contributed by atoms with van der Waals surface area (Å²) in [6.45, 7) is 2.77. The Hall–Kier alpha value is -1.20. The monoisotopic (exact) mass is 255 g/mol. The third-order valence-electron chi connectivity index (χ3n) is 1.69. The van der Waals surface area contributed by atoms with Gasteiger partial charge in [-0.1, -0.05) is 30.3 Å². The second kappa shape index (κ2) is 7.14. The first-order chi connectivity index (χ1) is 7.72. The van der Waals surface area contributed by atoms with Gasteiger partial charge < -0.3 is 9.47 Å². The van der Waals surface area contributed by atoms with Crippen molar-refractivity contribution in [2.24, 2.45) is 0 Å². The summed E-state index contributed by atoms with van der Waals surface area (Å²) in [5.74, 6) is 0. The molecule has 0 bridgehead atoms. The first kappa shape index (κ1) is 12.9. The van der Waals surface area contributed by atoms with Crippen LogP contribution in [0.3, 0.4) is 0 Å². The van der Waals surface area contributed by atoms with E-state index >= 15 is 0 Å². The van der Waals surface area contributed by atoms with Crippen molar-refractivity contribution in [2.75, 3.05) is 6.61 Å². The van der Waals surface area contributed by atoms with Crippen LogP contribution in [0.4, 0.5) is 0 Å². The molecule has 1 N–H and O–H groups in total. The molecule has 0 saturated carbocycles. The largest absolute Gasteiger partial charge is 0.471 e. The average Bonchev–Trinajstić information content (AvgIpc) is 2.28. The minimum absolute atomic E-state index is 0.224. The quantitative estimate of drug-likeness (QED) is 0.838. The van der Waals surface area contributed by atoms with E-state index in [0.717, 1.165) is 5.56 Å². The molecular formula is C11H13NO2S2. The lowest BCUT2D eigenvalue weighted by Gasteiger charge is -2.10. The highest BCUT2D eigenvalue weighted by atomic mass is 32.1. The Labute approximate surface area is 106 Å². The average molecular weight is 255 g/mol. The van der Waals surface area contributed by atoms with Crippen molar-refractivity contribution >= 4 is 34.8 Å². The van der Waals surface area contributed by atoms with Crippen LogP contribution in [0, 0.1) is 0 Å². The molecule has 0 aromatic heterocycles. The maximum Gasteiger partial charge on any atom is 0.264 e. The number of nitrogens with one attached hydrogen (secondary N) is 1. The summed E-state index contributed by atoms with van der Waals surface area (Å²) >= 11 is 9.80. The molecule has 0 fully saturated rings. The molecule has 0 radical (unpaired) electrons. The van der Waals surface area contributed by atoms with Crippen LogP contribution in [0.1, 0.15) is 12.5 Å². The summed E-state index contributed by atoms with van der Waals surface area (Å²) in [5, 5.41) is 3.13. The van der Waals surface area contributed by atoms with Gasteiger partial charge in [-0.15, -0.1) is 0 Å². The van der Waals surface area contributed by atoms with Crippen LogP contribution in [0.2, 0.25) is 0 Å². The SMILES string of the molecule is CCOC(=S)NC(=S)OCc1ccccc1. The fraction of sp³-hybridized carbons (Fsp3) is 0.273. The van der Waals surface area contributed by atoms with Crippen LogP contribution in [0.15, 0.2) is 30.3 Å². The highest BCUT2D eigenvalue weighted by molar-refractivity contribution is 7.81. The smallest absolute Gasteiger partial charge is 0.264 e. The minimum atomic E-state index is 0.224. The third kappa shape index (κ3) is 5.04. The minimum Gasteiger partial charge on any atom is -0.471 e. The molecular weight excluding hydrogens is 242 g/mol. The van der Waals surface area contributed by atoms with Crippen molar-refractivity contribution in [1.82, 2.24) is 5.32 Å². The maximum absolute atomic E-state index is 5.30. The Morgan fingerprint density at radius 1 is 1.12 bits per heavy atom. The molecule has 0 spiro atoms. The molecule has 0 aliphatic heterocycles. The standard InChI is InChI=1S/C11H13NO2S2/c1-2-13-10(15)12-11(16)14-8-9-6-4-3-5-7-9/h3-7H,2,8H2,1H3,(H,12,15,16). The lowest BCUT2D eigenvalue weighted by atomic mass is 10.2. The van der Waals surface area contributed by atoms with E-state index in [4.69, 9.17) is 33.9 Å². The molecule has 0 amide bonds. The van der Waals surface area contributed by atoms with E-state index in [-0.39, 0.29) is 10.3 Å². The summed E-state index contributed by atoms with van der Waals surface area (Å²) in [6, 6.07) is 9.76. The van der Waals surface area contributed by atoms with E-state index in [2.05, 4.69) is 5.32 Å². The molecule has 3 nitrogen and oxygen atoms in total. The van der Waals surface area contributed by atoms with Gasteiger partial charge in [-0.25, -0.2) is 0 Å². The second-order valence-corrected chi connectivity index (χ2v) is 3.65. The van der Waals surface area contributed by atoms with Crippen molar-refractivity contribution in [1.29, 1.82) is 0 Å². The molecule has 0 atom stereocenters. The van der Waals surface area contributed by atoms with E-state index in [1.165, 1.54) is 0 Å². The van der Waals surface area contributed by atoms with Crippen LogP contribution in [0.5, 0.6) is 0 Å². The lowest BCUT2D eigenvalue weighted by Crippen LogP contribution is -2.31. The van der Waals surface area contributed by atoms with E-state index in [9.17, 15) is 0 Å². The Bertz CT molecular complexity index is 354. The highest BCUT2D eigenvalue weighted by Crippen LogP contribution is 2.00. The first-order valence-corrected chi connectivity index (χ1v) is 5.68. The summed E-state index contributed by atoms with van der Waals surface area (Å²) in [4.78, 5) is 0. The Morgan fingerprint density at radius 3 is 2.38 bits per heavy atom. The fourth-order valence-corrected chi connectivity index (χ4v) is 1.44. The van der Waals surface area contributed by atoms with E-state index in [0.29, 0.717) is 13.2 Å². The lowest BCUT2D eigenvalue weighted by molar-refractivity contribution is 0.282. The predicted octanol–water partition coefficient (Wildman–Crippen LogP) is 2.40. The maximum atomic E-state index is 5.30. The van der Waals surface area contributed by atoms with Gasteiger partial charge in [0.1, 0.15) is 6.61 Å². The number of thiocarbonyl (C=S) groups is 2. The molecule has 0 aliphatic rings. The molecule has 1 aromatic carbocycles. The Morgan fingerprint density at radius 2 is 1.75 bits per heavy atom. The van der Waals surface area contributed by atoms with Gasteiger partial charge in [-0.2, -0.15) is 0 Å². The van der Waals surface area contributed by atoms with E-state index < -0.39 is 0 Å². The number of hydrogen-bond acceptors (Lipinski definition) is 4. The molecule has 0 saturated heterocycles. The third-order valence-corrected chi connectivity index (χ3v) is 2.13. The van der Waals surface area contributed by atoms with Gasteiger partial charge in [-0.3, -0.25) is 5.32 Å². The molecule has 1 rings (SSSR count). The van der Waals surface area contributed by atoms with Crippen LogP contribution in [-0.2, 0) is 16.1 Å². The number of hydrogen-bond donors (Lipinski definition) is 1. The van der Waals surface area contributed by atoms with Crippen LogP contribution in [-0.4, -0.2) is 17.0 Å². The fourth-order valence-electron chi connectivity index (χ4n) is 1.01. The molecule has 0 unspecified atom stereocenters. The van der Waals surface area contributed by atoms with Gasteiger partial charge in [-0.05, 0) is 36.9 Å². The second-order valence-electron chi connectivity index (χ2n) is 2.91. The summed E-state index contributed by atoms with van der Waals surface area (Å²) in [7, 11) is 0. The molecule has 0 heterocycles. The number of ether oxygens (including phenoxy) is 2. The highest BCUT2D eigenvalue weighted by Gasteiger charge is 2.01. The van der Waals surface area contributed by atoms with Crippen molar-refractivity contribution in [2.45, 2.75) is 13.5 Å². The van der Waals surface area contributed by atoms with Crippen molar-refractivity contribution in [3.8, 4) is 0 Å². The summed E-state index contributed by atoms with van der Waals surface area (Å²) in [6.07, 6.45) is 0. The summed E-state index contributed by atoms with van der Waals surface area (Å²) in [5.41, 5.74) is 1.05. The van der Waals surface area contributed by atoms with Crippen LogP contribution < -0.4 is 5.32 Å². The normalized spacial score (nSPS) is 9.31. The Kier molecular flexibility index (Phi) is 5.74. The zero-order valence-electron chi connectivity index (χ0n) is 8.93. The molecule has 5 heteroatoms. The van der Waals surface area contributed by atoms with Gasteiger partial charge in [0.2, 0.25) is 0 Å². The zero-order valence-corrected chi connectivity index (χ0v) is 10.6. The first-order valence-electron chi connectivity index (χ1n) is 4.87. The van der Waals surface area contributed by atoms with Crippen molar-refractivity contribution in [3.05, 3.63) is 35.9 Å². The van der Waals surface area contributed by atoms with Gasteiger partial charge >= 0.3 is 0 Å². The van der Waals surface area contributed by atoms with Gasteiger partial charge in [0.15, 0.2) is 0 Å².